The molecule has 0 aliphatic rings. The van der Waals surface area contributed by atoms with Crippen molar-refractivity contribution >= 4 is 42.8 Å². The lowest BCUT2D eigenvalue weighted by Crippen LogP contribution is -2.42. The molecule has 0 spiro atoms. The van der Waals surface area contributed by atoms with E-state index >= 15 is 0 Å². The van der Waals surface area contributed by atoms with Gasteiger partial charge in [-0.15, -0.1) is 4.83 Å². The van der Waals surface area contributed by atoms with Crippen LogP contribution in [0.2, 0.25) is 0 Å². The minimum absolute atomic E-state index is 0.0595. The van der Waals surface area contributed by atoms with Crippen molar-refractivity contribution < 1.29 is 13.2 Å². The Morgan fingerprint density at radius 3 is 2.71 bits per heavy atom. The SMILES string of the molecule is O=C(Cc1c[nH]c2ccccc12)NNS(=O)(=O)c1cccc(Br)c1. The van der Waals surface area contributed by atoms with E-state index in [0.717, 1.165) is 16.5 Å². The number of sulfonamides is 1. The fourth-order valence-electron chi connectivity index (χ4n) is 2.31. The Labute approximate surface area is 147 Å². The number of carbonyl (C=O) groups is 1. The second-order valence-corrected chi connectivity index (χ2v) is 7.75. The third-order valence-corrected chi connectivity index (χ3v) is 5.20. The van der Waals surface area contributed by atoms with Gasteiger partial charge in [-0.3, -0.25) is 10.2 Å². The number of hydrazine groups is 1. The first-order chi connectivity index (χ1) is 11.5. The van der Waals surface area contributed by atoms with Gasteiger partial charge in [0, 0.05) is 21.6 Å². The topological polar surface area (TPSA) is 91.1 Å². The van der Waals surface area contributed by atoms with Crippen molar-refractivity contribution in [1.29, 1.82) is 0 Å². The van der Waals surface area contributed by atoms with Crippen LogP contribution in [-0.4, -0.2) is 19.3 Å². The normalized spacial score (nSPS) is 11.5. The number of aromatic amines is 1. The van der Waals surface area contributed by atoms with E-state index in [2.05, 4.69) is 31.2 Å². The highest BCUT2D eigenvalue weighted by molar-refractivity contribution is 9.10. The lowest BCUT2D eigenvalue weighted by Gasteiger charge is -2.08. The molecule has 24 heavy (non-hydrogen) atoms. The van der Waals surface area contributed by atoms with Crippen molar-refractivity contribution in [2.24, 2.45) is 0 Å². The number of hydrogen-bond acceptors (Lipinski definition) is 3. The Kier molecular flexibility index (Phi) is 4.70. The monoisotopic (exact) mass is 407 g/mol. The Balaban J connectivity index is 1.67. The highest BCUT2D eigenvalue weighted by atomic mass is 79.9. The zero-order valence-corrected chi connectivity index (χ0v) is 14.8. The van der Waals surface area contributed by atoms with Gasteiger partial charge in [-0.2, -0.15) is 0 Å². The summed E-state index contributed by atoms with van der Waals surface area (Å²) in [5, 5.41) is 0.933. The fourth-order valence-corrected chi connectivity index (χ4v) is 3.77. The molecule has 0 saturated carbocycles. The number of hydrogen-bond donors (Lipinski definition) is 3. The average Bonchev–Trinajstić information content (AvgIpc) is 2.96. The molecule has 3 aromatic rings. The van der Waals surface area contributed by atoms with Crippen molar-refractivity contribution in [3.05, 3.63) is 64.8 Å². The Morgan fingerprint density at radius 2 is 1.92 bits per heavy atom. The molecular weight excluding hydrogens is 394 g/mol. The molecule has 0 atom stereocenters. The maximum absolute atomic E-state index is 12.2. The van der Waals surface area contributed by atoms with Gasteiger partial charge >= 0.3 is 0 Å². The summed E-state index contributed by atoms with van der Waals surface area (Å²) >= 11 is 3.21. The number of H-pyrrole nitrogens is 1. The second kappa shape index (κ2) is 6.76. The van der Waals surface area contributed by atoms with Gasteiger partial charge in [-0.25, -0.2) is 8.42 Å². The van der Waals surface area contributed by atoms with E-state index in [0.29, 0.717) is 4.47 Å². The van der Waals surface area contributed by atoms with Crippen molar-refractivity contribution in [2.75, 3.05) is 0 Å². The number of nitrogens with one attached hydrogen (secondary N) is 3. The molecule has 0 fully saturated rings. The van der Waals surface area contributed by atoms with Crippen molar-refractivity contribution in [3.8, 4) is 0 Å². The van der Waals surface area contributed by atoms with Crippen LogP contribution in [0.15, 0.2) is 64.1 Å². The molecule has 0 aliphatic heterocycles. The van der Waals surface area contributed by atoms with Gasteiger partial charge in [0.1, 0.15) is 0 Å². The summed E-state index contributed by atoms with van der Waals surface area (Å²) in [5.74, 6) is -0.446. The van der Waals surface area contributed by atoms with Crippen molar-refractivity contribution in [3.63, 3.8) is 0 Å². The lowest BCUT2D eigenvalue weighted by molar-refractivity contribution is -0.120. The van der Waals surface area contributed by atoms with Gasteiger partial charge in [0.25, 0.3) is 10.0 Å². The van der Waals surface area contributed by atoms with Crippen LogP contribution >= 0.6 is 15.9 Å². The summed E-state index contributed by atoms with van der Waals surface area (Å²) in [7, 11) is -3.82. The summed E-state index contributed by atoms with van der Waals surface area (Å²) in [6, 6.07) is 13.8. The van der Waals surface area contributed by atoms with Crippen LogP contribution in [0.3, 0.4) is 0 Å². The number of fused-ring (bicyclic) bond motifs is 1. The number of amides is 1. The summed E-state index contributed by atoms with van der Waals surface area (Å²) in [5.41, 5.74) is 3.96. The minimum atomic E-state index is -3.82. The first-order valence-corrected chi connectivity index (χ1v) is 9.34. The molecule has 1 heterocycles. The summed E-state index contributed by atoms with van der Waals surface area (Å²) in [4.78, 5) is 17.3. The molecule has 3 rings (SSSR count). The number of halogens is 1. The van der Waals surface area contributed by atoms with Crippen LogP contribution < -0.4 is 10.3 Å². The largest absolute Gasteiger partial charge is 0.361 e. The Hall–Kier alpha value is -2.16. The lowest BCUT2D eigenvalue weighted by atomic mass is 10.1. The molecule has 124 valence electrons. The summed E-state index contributed by atoms with van der Waals surface area (Å²) < 4.78 is 24.9. The minimum Gasteiger partial charge on any atom is -0.361 e. The number of carbonyl (C=O) groups excluding carboxylic acids is 1. The molecule has 0 unspecified atom stereocenters. The molecule has 6 nitrogen and oxygen atoms in total. The Morgan fingerprint density at radius 1 is 1.12 bits per heavy atom. The van der Waals surface area contributed by atoms with Crippen LogP contribution in [0.5, 0.6) is 0 Å². The van der Waals surface area contributed by atoms with Crippen LogP contribution in [0.4, 0.5) is 0 Å². The highest BCUT2D eigenvalue weighted by Crippen LogP contribution is 2.18. The third-order valence-electron chi connectivity index (χ3n) is 3.46. The van der Waals surface area contributed by atoms with Crippen LogP contribution in [0.25, 0.3) is 10.9 Å². The van der Waals surface area contributed by atoms with E-state index in [1.165, 1.54) is 12.1 Å². The van der Waals surface area contributed by atoms with Gasteiger partial charge in [0.05, 0.1) is 11.3 Å². The number of aromatic nitrogens is 1. The van der Waals surface area contributed by atoms with E-state index in [1.807, 2.05) is 24.3 Å². The number of para-hydroxylation sites is 1. The quantitative estimate of drug-likeness (QED) is 0.567. The number of benzene rings is 2. The van der Waals surface area contributed by atoms with E-state index in [4.69, 9.17) is 0 Å². The molecule has 0 aliphatic carbocycles. The van der Waals surface area contributed by atoms with Crippen LogP contribution in [-0.2, 0) is 21.2 Å². The average molecular weight is 408 g/mol. The van der Waals surface area contributed by atoms with Gasteiger partial charge in [-0.05, 0) is 29.8 Å². The summed E-state index contributed by atoms with van der Waals surface area (Å²) in [6.07, 6.45) is 1.80. The smallest absolute Gasteiger partial charge is 0.257 e. The van der Waals surface area contributed by atoms with Gasteiger partial charge in [0.2, 0.25) is 5.91 Å². The molecule has 1 aromatic heterocycles. The van der Waals surface area contributed by atoms with E-state index in [-0.39, 0.29) is 11.3 Å². The van der Waals surface area contributed by atoms with Crippen molar-refractivity contribution in [2.45, 2.75) is 11.3 Å². The Bertz CT molecular complexity index is 998. The molecule has 2 aromatic carbocycles. The standard InChI is InChI=1S/C16H14BrN3O3S/c17-12-4-3-5-13(9-12)24(22,23)20-19-16(21)8-11-10-18-15-7-2-1-6-14(11)15/h1-7,9-10,18,20H,8H2,(H,19,21). The molecule has 1 amide bonds. The predicted molar refractivity (Wildman–Crippen MR) is 94.6 cm³/mol. The molecule has 0 radical (unpaired) electrons. The van der Waals surface area contributed by atoms with E-state index in [1.54, 1.807) is 18.3 Å². The molecule has 3 N–H and O–H groups in total. The first-order valence-electron chi connectivity index (χ1n) is 7.07. The molecule has 0 bridgehead atoms. The molecule has 8 heteroatoms. The first kappa shape index (κ1) is 16.7. The third kappa shape index (κ3) is 3.66. The van der Waals surface area contributed by atoms with Crippen LogP contribution in [0.1, 0.15) is 5.56 Å². The van der Waals surface area contributed by atoms with E-state index in [9.17, 15) is 13.2 Å². The fraction of sp³-hybridized carbons (Fsp3) is 0.0625. The maximum Gasteiger partial charge on any atom is 0.257 e. The molecular formula is C16H14BrN3O3S. The van der Waals surface area contributed by atoms with Crippen LogP contribution in [0, 0.1) is 0 Å². The zero-order valence-electron chi connectivity index (χ0n) is 12.4. The second-order valence-electron chi connectivity index (χ2n) is 5.15. The summed E-state index contributed by atoms with van der Waals surface area (Å²) in [6.45, 7) is 0. The van der Waals surface area contributed by atoms with Crippen molar-refractivity contribution in [1.82, 2.24) is 15.2 Å². The molecule has 0 saturated heterocycles. The maximum atomic E-state index is 12.2. The van der Waals surface area contributed by atoms with Gasteiger partial charge in [0.15, 0.2) is 0 Å². The number of rotatable bonds is 5. The van der Waals surface area contributed by atoms with E-state index < -0.39 is 15.9 Å². The predicted octanol–water partition coefficient (Wildman–Crippen LogP) is 2.48. The zero-order chi connectivity index (χ0) is 17.2. The van der Waals surface area contributed by atoms with Gasteiger partial charge in [-0.1, -0.05) is 40.2 Å². The highest BCUT2D eigenvalue weighted by Gasteiger charge is 2.16. The van der Waals surface area contributed by atoms with Gasteiger partial charge < -0.3 is 4.98 Å².